The van der Waals surface area contributed by atoms with E-state index in [1.807, 2.05) is 13.8 Å². The number of nitrogens with zero attached hydrogens (tertiary/aromatic N) is 2. The summed E-state index contributed by atoms with van der Waals surface area (Å²) in [7, 11) is 1.38. The van der Waals surface area contributed by atoms with Crippen LogP contribution in [-0.2, 0) is 0 Å². The summed E-state index contributed by atoms with van der Waals surface area (Å²) in [4.78, 5) is 30.3. The smallest absolute Gasteiger partial charge is 0.274 e. The zero-order chi connectivity index (χ0) is 14.7. The third kappa shape index (κ3) is 2.85. The van der Waals surface area contributed by atoms with E-state index < -0.39 is 5.91 Å². The zero-order valence-corrected chi connectivity index (χ0v) is 11.4. The molecule has 0 aliphatic rings. The highest BCUT2D eigenvalue weighted by Gasteiger charge is 2.13. The summed E-state index contributed by atoms with van der Waals surface area (Å²) >= 11 is 0. The van der Waals surface area contributed by atoms with E-state index in [4.69, 9.17) is 4.74 Å². The van der Waals surface area contributed by atoms with Crippen LogP contribution in [0, 0.1) is 0 Å². The molecule has 8 nitrogen and oxygen atoms in total. The van der Waals surface area contributed by atoms with Gasteiger partial charge >= 0.3 is 0 Å². The van der Waals surface area contributed by atoms with Crippen LogP contribution in [0.2, 0.25) is 0 Å². The summed E-state index contributed by atoms with van der Waals surface area (Å²) in [6.07, 6.45) is 1.33. The van der Waals surface area contributed by atoms with Crippen molar-refractivity contribution in [3.63, 3.8) is 0 Å². The lowest BCUT2D eigenvalue weighted by Crippen LogP contribution is -2.18. The fraction of sp³-hybridized carbons (Fsp3) is 0.333. The molecule has 0 aliphatic heterocycles. The Bertz CT molecular complexity index is 674. The molecular formula is C12H15N5O3. The normalized spacial score (nSPS) is 10.6. The Labute approximate surface area is 114 Å². The van der Waals surface area contributed by atoms with Crippen LogP contribution in [0.4, 0.5) is 5.95 Å². The Hall–Kier alpha value is -2.64. The number of anilines is 1. The molecule has 0 spiro atoms. The van der Waals surface area contributed by atoms with Crippen molar-refractivity contribution in [3.8, 4) is 5.75 Å². The molecule has 0 radical (unpaired) electrons. The maximum atomic E-state index is 11.9. The summed E-state index contributed by atoms with van der Waals surface area (Å²) in [6, 6.07) is 1.16. The van der Waals surface area contributed by atoms with Crippen LogP contribution in [-0.4, -0.2) is 33.2 Å². The Morgan fingerprint density at radius 3 is 2.75 bits per heavy atom. The van der Waals surface area contributed by atoms with Crippen LogP contribution in [0.25, 0.3) is 0 Å². The van der Waals surface area contributed by atoms with Gasteiger partial charge in [-0.15, -0.1) is 5.10 Å². The summed E-state index contributed by atoms with van der Waals surface area (Å²) in [5, 5.41) is 9.09. The third-order valence-corrected chi connectivity index (χ3v) is 2.62. The van der Waals surface area contributed by atoms with E-state index in [1.54, 1.807) is 0 Å². The molecule has 20 heavy (non-hydrogen) atoms. The number of carbonyl (C=O) groups is 1. The molecule has 106 valence electrons. The molecule has 2 rings (SSSR count). The van der Waals surface area contributed by atoms with Gasteiger partial charge in [-0.3, -0.25) is 20.0 Å². The lowest BCUT2D eigenvalue weighted by molar-refractivity contribution is 0.102. The number of amides is 1. The number of hydrogen-bond donors (Lipinski definition) is 3. The van der Waals surface area contributed by atoms with E-state index >= 15 is 0 Å². The third-order valence-electron chi connectivity index (χ3n) is 2.62. The Morgan fingerprint density at radius 2 is 2.20 bits per heavy atom. The summed E-state index contributed by atoms with van der Waals surface area (Å²) in [5.74, 6) is 0.647. The number of rotatable bonds is 4. The first-order valence-corrected chi connectivity index (χ1v) is 6.01. The average Bonchev–Trinajstić information content (AvgIpc) is 2.87. The Kier molecular flexibility index (Phi) is 3.83. The zero-order valence-electron chi connectivity index (χ0n) is 11.4. The van der Waals surface area contributed by atoms with Crippen molar-refractivity contribution in [2.75, 3.05) is 12.4 Å². The molecule has 0 fully saturated rings. The molecule has 0 aromatic carbocycles. The summed E-state index contributed by atoms with van der Waals surface area (Å²) in [6.45, 7) is 3.90. The predicted molar refractivity (Wildman–Crippen MR) is 72.0 cm³/mol. The van der Waals surface area contributed by atoms with Gasteiger partial charge in [-0.2, -0.15) is 4.98 Å². The molecule has 8 heteroatoms. The van der Waals surface area contributed by atoms with Crippen LogP contribution in [0.3, 0.4) is 0 Å². The van der Waals surface area contributed by atoms with Gasteiger partial charge in [0.2, 0.25) is 11.4 Å². The highest BCUT2D eigenvalue weighted by atomic mass is 16.5. The van der Waals surface area contributed by atoms with Crippen LogP contribution in [0.15, 0.2) is 17.1 Å². The molecule has 2 heterocycles. The summed E-state index contributed by atoms with van der Waals surface area (Å²) in [5.41, 5.74) is -0.277. The van der Waals surface area contributed by atoms with Crippen molar-refractivity contribution in [3.05, 3.63) is 34.0 Å². The number of methoxy groups -OCH3 is 1. The molecule has 0 bridgehead atoms. The van der Waals surface area contributed by atoms with Crippen LogP contribution < -0.4 is 15.5 Å². The topological polar surface area (TPSA) is 113 Å². The number of aromatic amines is 2. The lowest BCUT2D eigenvalue weighted by atomic mass is 10.2. The van der Waals surface area contributed by atoms with Crippen molar-refractivity contribution >= 4 is 11.9 Å². The van der Waals surface area contributed by atoms with Gasteiger partial charge in [0.1, 0.15) is 11.5 Å². The minimum Gasteiger partial charge on any atom is -0.491 e. The van der Waals surface area contributed by atoms with Crippen LogP contribution >= 0.6 is 0 Å². The quantitative estimate of drug-likeness (QED) is 0.767. The molecule has 2 aromatic heterocycles. The molecule has 0 aliphatic carbocycles. The average molecular weight is 277 g/mol. The highest BCUT2D eigenvalue weighted by molar-refractivity contribution is 6.01. The first kappa shape index (κ1) is 13.8. The van der Waals surface area contributed by atoms with Crippen molar-refractivity contribution in [2.24, 2.45) is 0 Å². The number of carbonyl (C=O) groups excluding carboxylic acids is 1. The minimum absolute atomic E-state index is 0.103. The van der Waals surface area contributed by atoms with Gasteiger partial charge in [-0.25, -0.2) is 0 Å². The van der Waals surface area contributed by atoms with Crippen LogP contribution in [0.1, 0.15) is 36.1 Å². The minimum atomic E-state index is -0.501. The maximum absolute atomic E-state index is 11.9. The van der Waals surface area contributed by atoms with Crippen LogP contribution in [0.5, 0.6) is 5.75 Å². The molecule has 0 unspecified atom stereocenters. The fourth-order valence-corrected chi connectivity index (χ4v) is 1.51. The number of ether oxygens (including phenoxy) is 1. The van der Waals surface area contributed by atoms with E-state index in [9.17, 15) is 9.59 Å². The van der Waals surface area contributed by atoms with Crippen molar-refractivity contribution in [1.82, 2.24) is 20.2 Å². The van der Waals surface area contributed by atoms with Gasteiger partial charge in [0.15, 0.2) is 5.75 Å². The SMILES string of the molecule is COc1c[nH]c(C(=O)Nc2n[nH]c(C(C)C)n2)cc1=O. The standard InChI is InChI=1S/C12H15N5O3/c1-6(2)10-14-12(17-16-10)15-11(19)7-4-8(18)9(20-3)5-13-7/h4-6H,1-3H3,(H,13,18)(H2,14,15,16,17,19). The number of H-pyrrole nitrogens is 2. The molecule has 0 saturated carbocycles. The van der Waals surface area contributed by atoms with Crippen molar-refractivity contribution in [2.45, 2.75) is 19.8 Å². The van der Waals surface area contributed by atoms with Gasteiger partial charge < -0.3 is 9.72 Å². The number of pyridine rings is 1. The van der Waals surface area contributed by atoms with E-state index in [1.165, 1.54) is 13.3 Å². The van der Waals surface area contributed by atoms with Crippen molar-refractivity contribution < 1.29 is 9.53 Å². The second-order valence-corrected chi connectivity index (χ2v) is 4.43. The molecule has 0 saturated heterocycles. The Morgan fingerprint density at radius 1 is 1.45 bits per heavy atom. The van der Waals surface area contributed by atoms with Gasteiger partial charge in [0, 0.05) is 18.2 Å². The lowest BCUT2D eigenvalue weighted by Gasteiger charge is -2.02. The number of aromatic nitrogens is 4. The maximum Gasteiger partial charge on any atom is 0.274 e. The summed E-state index contributed by atoms with van der Waals surface area (Å²) < 4.78 is 4.82. The van der Waals surface area contributed by atoms with Gasteiger partial charge in [0.25, 0.3) is 5.91 Å². The second kappa shape index (κ2) is 5.55. The van der Waals surface area contributed by atoms with E-state index in [0.717, 1.165) is 6.07 Å². The highest BCUT2D eigenvalue weighted by Crippen LogP contribution is 2.10. The number of nitrogens with one attached hydrogen (secondary N) is 3. The second-order valence-electron chi connectivity index (χ2n) is 4.43. The molecule has 1 amide bonds. The monoisotopic (exact) mass is 277 g/mol. The molecule has 2 aromatic rings. The fourth-order valence-electron chi connectivity index (χ4n) is 1.51. The van der Waals surface area contributed by atoms with Gasteiger partial charge in [-0.05, 0) is 0 Å². The first-order chi connectivity index (χ1) is 9.51. The molecule has 3 N–H and O–H groups in total. The van der Waals surface area contributed by atoms with Crippen molar-refractivity contribution in [1.29, 1.82) is 0 Å². The predicted octanol–water partition coefficient (Wildman–Crippen LogP) is 0.877. The van der Waals surface area contributed by atoms with Gasteiger partial charge in [-0.1, -0.05) is 13.8 Å². The van der Waals surface area contributed by atoms with E-state index in [-0.39, 0.29) is 28.7 Å². The largest absolute Gasteiger partial charge is 0.491 e. The molecular weight excluding hydrogens is 262 g/mol. The molecule has 0 atom stereocenters. The Balaban J connectivity index is 2.15. The first-order valence-electron chi connectivity index (χ1n) is 6.01. The van der Waals surface area contributed by atoms with Gasteiger partial charge in [0.05, 0.1) is 7.11 Å². The number of hydrogen-bond acceptors (Lipinski definition) is 5. The van der Waals surface area contributed by atoms with E-state index in [2.05, 4.69) is 25.5 Å². The van der Waals surface area contributed by atoms with E-state index in [0.29, 0.717) is 5.82 Å².